The van der Waals surface area contributed by atoms with Gasteiger partial charge in [-0.2, -0.15) is 4.98 Å². The predicted molar refractivity (Wildman–Crippen MR) is 107 cm³/mol. The van der Waals surface area contributed by atoms with Crippen molar-refractivity contribution in [2.24, 2.45) is 0 Å². The number of benzene rings is 1. The third kappa shape index (κ3) is 4.54. The zero-order valence-corrected chi connectivity index (χ0v) is 16.7. The Morgan fingerprint density at radius 3 is 2.39 bits per heavy atom. The average molecular weight is 434 g/mol. The minimum atomic E-state index is -1.60. The SMILES string of the molecule is Cc1nc(N[C@H]2CC[C@@H](NC(=O)c3cc(F)c(F)c(F)c3)CC2)nc2c1NC(=O)CN2. The number of halogens is 3. The molecule has 2 amide bonds. The number of fused-ring (bicyclic) bond motifs is 1. The molecule has 1 fully saturated rings. The first-order valence-electron chi connectivity index (χ1n) is 9.94. The highest BCUT2D eigenvalue weighted by Gasteiger charge is 2.25. The smallest absolute Gasteiger partial charge is 0.251 e. The molecular formula is C20H21F3N6O2. The van der Waals surface area contributed by atoms with Crippen molar-refractivity contribution in [2.45, 2.75) is 44.7 Å². The number of carbonyl (C=O) groups is 2. The molecular weight excluding hydrogens is 413 g/mol. The molecule has 1 aliphatic heterocycles. The van der Waals surface area contributed by atoms with Gasteiger partial charge in [0.15, 0.2) is 23.3 Å². The number of nitrogens with zero attached hydrogens (tertiary/aromatic N) is 2. The third-order valence-electron chi connectivity index (χ3n) is 5.41. The van der Waals surface area contributed by atoms with E-state index in [9.17, 15) is 22.8 Å². The molecule has 4 rings (SSSR count). The molecule has 1 aromatic heterocycles. The fourth-order valence-corrected chi connectivity index (χ4v) is 3.78. The van der Waals surface area contributed by atoms with Crippen LogP contribution in [0.4, 0.5) is 30.6 Å². The van der Waals surface area contributed by atoms with Gasteiger partial charge in [-0.05, 0) is 44.7 Å². The summed E-state index contributed by atoms with van der Waals surface area (Å²) in [5, 5.41) is 11.7. The molecule has 2 heterocycles. The van der Waals surface area contributed by atoms with E-state index in [1.165, 1.54) is 0 Å². The summed E-state index contributed by atoms with van der Waals surface area (Å²) in [6.07, 6.45) is 2.74. The minimum absolute atomic E-state index is 0.0875. The van der Waals surface area contributed by atoms with E-state index in [1.807, 2.05) is 0 Å². The summed E-state index contributed by atoms with van der Waals surface area (Å²) >= 11 is 0. The van der Waals surface area contributed by atoms with Gasteiger partial charge in [0.2, 0.25) is 11.9 Å². The lowest BCUT2D eigenvalue weighted by molar-refractivity contribution is -0.114. The van der Waals surface area contributed by atoms with Crippen LogP contribution in [0.5, 0.6) is 0 Å². The number of hydrogen-bond acceptors (Lipinski definition) is 6. The van der Waals surface area contributed by atoms with Gasteiger partial charge in [-0.1, -0.05) is 0 Å². The van der Waals surface area contributed by atoms with Gasteiger partial charge in [-0.15, -0.1) is 0 Å². The lowest BCUT2D eigenvalue weighted by Gasteiger charge is -2.30. The van der Waals surface area contributed by atoms with E-state index in [0.29, 0.717) is 48.1 Å². The van der Waals surface area contributed by atoms with Gasteiger partial charge in [0.25, 0.3) is 5.91 Å². The number of anilines is 3. The summed E-state index contributed by atoms with van der Waals surface area (Å²) in [5.41, 5.74) is 0.962. The Kier molecular flexibility index (Phi) is 5.66. The molecule has 1 saturated carbocycles. The highest BCUT2D eigenvalue weighted by molar-refractivity contribution is 6.00. The van der Waals surface area contributed by atoms with E-state index in [4.69, 9.17) is 0 Å². The fraction of sp³-hybridized carbons (Fsp3) is 0.400. The molecule has 4 N–H and O–H groups in total. The van der Waals surface area contributed by atoms with Crippen LogP contribution in [0.3, 0.4) is 0 Å². The quantitative estimate of drug-likeness (QED) is 0.551. The molecule has 2 aliphatic rings. The van der Waals surface area contributed by atoms with Crippen LogP contribution < -0.4 is 21.3 Å². The molecule has 0 bridgehead atoms. The van der Waals surface area contributed by atoms with Crippen LogP contribution >= 0.6 is 0 Å². The fourth-order valence-electron chi connectivity index (χ4n) is 3.78. The van der Waals surface area contributed by atoms with Crippen LogP contribution in [-0.2, 0) is 4.79 Å². The maximum absolute atomic E-state index is 13.3. The highest BCUT2D eigenvalue weighted by Crippen LogP contribution is 2.28. The second-order valence-corrected chi connectivity index (χ2v) is 7.68. The monoisotopic (exact) mass is 434 g/mol. The Morgan fingerprint density at radius 1 is 1.06 bits per heavy atom. The van der Waals surface area contributed by atoms with Crippen LogP contribution in [0, 0.1) is 24.4 Å². The normalized spacial score (nSPS) is 20.3. The Labute approximate surface area is 176 Å². The molecule has 11 heteroatoms. The summed E-state index contributed by atoms with van der Waals surface area (Å²) in [6.45, 7) is 1.93. The number of amides is 2. The molecule has 0 saturated heterocycles. The molecule has 1 aliphatic carbocycles. The van der Waals surface area contributed by atoms with Crippen molar-refractivity contribution in [2.75, 3.05) is 22.5 Å². The zero-order chi connectivity index (χ0) is 22.1. The van der Waals surface area contributed by atoms with Crippen LogP contribution in [0.15, 0.2) is 12.1 Å². The number of rotatable bonds is 4. The standard InChI is InChI=1S/C20H21F3N6O2/c1-9-17-18(24-8-15(30)28-17)29-20(25-9)27-12-4-2-11(3-5-12)26-19(31)10-6-13(21)16(23)14(22)7-10/h6-7,11-12H,2-5,8H2,1H3,(H,26,31)(H,28,30)(H2,24,25,27,29)/t11-,12+. The topological polar surface area (TPSA) is 108 Å². The van der Waals surface area contributed by atoms with Crippen molar-refractivity contribution in [3.05, 3.63) is 40.8 Å². The van der Waals surface area contributed by atoms with Crippen LogP contribution in [0.2, 0.25) is 0 Å². The summed E-state index contributed by atoms with van der Waals surface area (Å²) in [6, 6.07) is 1.30. The van der Waals surface area contributed by atoms with E-state index in [2.05, 4.69) is 31.2 Å². The third-order valence-corrected chi connectivity index (χ3v) is 5.41. The average Bonchev–Trinajstić information content (AvgIpc) is 2.73. The summed E-state index contributed by atoms with van der Waals surface area (Å²) in [4.78, 5) is 32.6. The molecule has 2 aromatic rings. The predicted octanol–water partition coefficient (Wildman–Crippen LogP) is 2.72. The molecule has 8 nitrogen and oxygen atoms in total. The van der Waals surface area contributed by atoms with Gasteiger partial charge in [0.1, 0.15) is 5.69 Å². The Balaban J connectivity index is 1.33. The number of aromatic nitrogens is 2. The first-order valence-corrected chi connectivity index (χ1v) is 9.94. The first kappa shape index (κ1) is 20.9. The van der Waals surface area contributed by atoms with Crippen molar-refractivity contribution in [1.29, 1.82) is 0 Å². The molecule has 0 atom stereocenters. The van der Waals surface area contributed by atoms with E-state index < -0.39 is 23.4 Å². The minimum Gasteiger partial charge on any atom is -0.359 e. The maximum atomic E-state index is 13.3. The van der Waals surface area contributed by atoms with E-state index in [0.717, 1.165) is 12.8 Å². The molecule has 164 valence electrons. The molecule has 0 spiro atoms. The van der Waals surface area contributed by atoms with E-state index in [1.54, 1.807) is 6.92 Å². The van der Waals surface area contributed by atoms with Gasteiger partial charge in [0.05, 0.1) is 12.2 Å². The zero-order valence-electron chi connectivity index (χ0n) is 16.7. The van der Waals surface area contributed by atoms with Crippen molar-refractivity contribution in [3.8, 4) is 0 Å². The molecule has 1 aromatic carbocycles. The maximum Gasteiger partial charge on any atom is 0.251 e. The van der Waals surface area contributed by atoms with Gasteiger partial charge in [-0.25, -0.2) is 18.2 Å². The van der Waals surface area contributed by atoms with E-state index >= 15 is 0 Å². The molecule has 0 radical (unpaired) electrons. The number of hydrogen-bond donors (Lipinski definition) is 4. The molecule has 0 unspecified atom stereocenters. The largest absolute Gasteiger partial charge is 0.359 e. The van der Waals surface area contributed by atoms with Crippen molar-refractivity contribution < 1.29 is 22.8 Å². The second kappa shape index (κ2) is 8.40. The van der Waals surface area contributed by atoms with Gasteiger partial charge in [-0.3, -0.25) is 9.59 Å². The van der Waals surface area contributed by atoms with Gasteiger partial charge < -0.3 is 21.3 Å². The summed E-state index contributed by atoms with van der Waals surface area (Å²) < 4.78 is 39.8. The van der Waals surface area contributed by atoms with Crippen molar-refractivity contribution in [3.63, 3.8) is 0 Å². The first-order chi connectivity index (χ1) is 14.8. The van der Waals surface area contributed by atoms with Gasteiger partial charge in [0, 0.05) is 17.6 Å². The Morgan fingerprint density at radius 2 is 1.71 bits per heavy atom. The lowest BCUT2D eigenvalue weighted by atomic mass is 9.91. The van der Waals surface area contributed by atoms with Crippen molar-refractivity contribution in [1.82, 2.24) is 15.3 Å². The van der Waals surface area contributed by atoms with Gasteiger partial charge >= 0.3 is 0 Å². The number of nitrogens with one attached hydrogen (secondary N) is 4. The molecule has 31 heavy (non-hydrogen) atoms. The van der Waals surface area contributed by atoms with Crippen LogP contribution in [0.1, 0.15) is 41.7 Å². The second-order valence-electron chi connectivity index (χ2n) is 7.68. The summed E-state index contributed by atoms with van der Waals surface area (Å²) in [7, 11) is 0. The number of carbonyl (C=O) groups excluding carboxylic acids is 2. The van der Waals surface area contributed by atoms with E-state index in [-0.39, 0.29) is 30.1 Å². The Bertz CT molecular complexity index is 1020. The Hall–Kier alpha value is -3.37. The summed E-state index contributed by atoms with van der Waals surface area (Å²) in [5.74, 6) is -4.17. The van der Waals surface area contributed by atoms with Crippen molar-refractivity contribution >= 4 is 29.3 Å². The lowest BCUT2D eigenvalue weighted by Crippen LogP contribution is -2.40. The van der Waals surface area contributed by atoms with Crippen LogP contribution in [-0.4, -0.2) is 40.4 Å². The highest BCUT2D eigenvalue weighted by atomic mass is 19.2. The van der Waals surface area contributed by atoms with Crippen LogP contribution in [0.25, 0.3) is 0 Å². The number of aryl methyl sites for hydroxylation is 1.